The number of hydrogen-bond acceptors (Lipinski definition) is 6. The van der Waals surface area contributed by atoms with Gasteiger partial charge in [0.05, 0.1) is 6.54 Å². The summed E-state index contributed by atoms with van der Waals surface area (Å²) in [6.45, 7) is 0.780. The second-order valence-corrected chi connectivity index (χ2v) is 12.2. The van der Waals surface area contributed by atoms with E-state index in [1.54, 1.807) is 12.1 Å². The molecule has 234 valence electrons. The van der Waals surface area contributed by atoms with Gasteiger partial charge in [-0.15, -0.1) is 0 Å². The first-order valence-electron chi connectivity index (χ1n) is 13.5. The Morgan fingerprint density at radius 3 is 1.95 bits per heavy atom. The van der Waals surface area contributed by atoms with E-state index in [1.807, 2.05) is 12.1 Å². The molecule has 3 aromatic rings. The molecule has 44 heavy (non-hydrogen) atoms. The lowest BCUT2D eigenvalue weighted by atomic mass is 9.91. The number of hydrogen-bond donors (Lipinski definition) is 2. The van der Waals surface area contributed by atoms with Crippen molar-refractivity contribution in [2.45, 2.75) is 42.7 Å². The third-order valence-corrected chi connectivity index (χ3v) is 9.74. The van der Waals surface area contributed by atoms with Gasteiger partial charge in [0.15, 0.2) is 28.2 Å². The molecule has 3 aromatic carbocycles. The van der Waals surface area contributed by atoms with Gasteiger partial charge in [-0.3, -0.25) is 14.8 Å². The second-order valence-electron chi connectivity index (χ2n) is 10.4. The van der Waals surface area contributed by atoms with E-state index in [4.69, 9.17) is 9.94 Å². The molecule has 2 saturated heterocycles. The van der Waals surface area contributed by atoms with Crippen molar-refractivity contribution >= 4 is 27.5 Å². The molecular weight excluding hydrogens is 613 g/mol. The van der Waals surface area contributed by atoms with Gasteiger partial charge in [-0.2, -0.15) is 4.31 Å². The Morgan fingerprint density at radius 2 is 1.43 bits per heavy atom. The molecule has 2 heterocycles. The molecule has 0 radical (unpaired) electrons. The smallest absolute Gasteiger partial charge is 0.274 e. The largest absolute Gasteiger partial charge is 0.381 e. The number of nitrogens with one attached hydrogen (secondary N) is 1. The van der Waals surface area contributed by atoms with E-state index in [9.17, 15) is 40.0 Å². The number of carbonyl (C=O) groups is 2. The normalized spacial score (nSPS) is 17.6. The first-order valence-corrected chi connectivity index (χ1v) is 15.0. The molecule has 2 aliphatic heterocycles. The maximum absolute atomic E-state index is 14.5. The van der Waals surface area contributed by atoms with Gasteiger partial charge in [-0.25, -0.2) is 35.8 Å². The third kappa shape index (κ3) is 5.79. The van der Waals surface area contributed by atoms with Gasteiger partial charge in [0.1, 0.15) is 6.04 Å². The van der Waals surface area contributed by atoms with Crippen LogP contribution in [0.2, 0.25) is 0 Å². The quantitative estimate of drug-likeness (QED) is 0.124. The van der Waals surface area contributed by atoms with Gasteiger partial charge >= 0.3 is 0 Å². The topological polar surface area (TPSA) is 116 Å². The van der Waals surface area contributed by atoms with Crippen molar-refractivity contribution < 1.29 is 49.9 Å². The first kappa shape index (κ1) is 31.5. The minimum Gasteiger partial charge on any atom is -0.381 e. The Hall–Kier alpha value is -3.92. The van der Waals surface area contributed by atoms with Crippen LogP contribution in [0.1, 0.15) is 46.7 Å². The molecule has 0 aliphatic carbocycles. The Morgan fingerprint density at radius 1 is 0.864 bits per heavy atom. The number of carbonyl (C=O) groups excluding carboxylic acids is 2. The molecule has 9 nitrogen and oxygen atoms in total. The van der Waals surface area contributed by atoms with Crippen LogP contribution in [-0.2, 0) is 26.1 Å². The van der Waals surface area contributed by atoms with Crippen molar-refractivity contribution in [1.29, 1.82) is 0 Å². The fourth-order valence-electron chi connectivity index (χ4n) is 5.27. The van der Waals surface area contributed by atoms with Crippen LogP contribution in [-0.4, -0.2) is 55.5 Å². The lowest BCUT2D eigenvalue weighted by molar-refractivity contribution is -0.125. The third-order valence-electron chi connectivity index (χ3n) is 7.81. The predicted octanol–water partition coefficient (Wildman–Crippen LogP) is 4.39. The van der Waals surface area contributed by atoms with Crippen LogP contribution in [0.3, 0.4) is 0 Å². The number of nitrogens with zero attached hydrogens (tertiary/aromatic N) is 2. The number of hydroxylamine groups is 1. The molecule has 0 aromatic heterocycles. The lowest BCUT2D eigenvalue weighted by Crippen LogP contribution is -2.59. The maximum atomic E-state index is 14.5. The summed E-state index contributed by atoms with van der Waals surface area (Å²) in [5.74, 6) is -13.8. The van der Waals surface area contributed by atoms with Crippen LogP contribution in [0.15, 0.2) is 53.4 Å². The molecule has 0 saturated carbocycles. The van der Waals surface area contributed by atoms with Gasteiger partial charge in [0, 0.05) is 31.0 Å². The van der Waals surface area contributed by atoms with Crippen molar-refractivity contribution in [1.82, 2.24) is 9.79 Å². The number of benzene rings is 3. The van der Waals surface area contributed by atoms with Crippen molar-refractivity contribution in [3.05, 3.63) is 94.3 Å². The highest BCUT2D eigenvalue weighted by Crippen LogP contribution is 2.35. The summed E-state index contributed by atoms with van der Waals surface area (Å²) in [5, 5.41) is 8.91. The molecule has 0 spiro atoms. The van der Waals surface area contributed by atoms with Crippen LogP contribution in [0.5, 0.6) is 0 Å². The molecule has 2 fully saturated rings. The van der Waals surface area contributed by atoms with Crippen LogP contribution in [0.25, 0.3) is 0 Å². The number of rotatable bonds is 8. The number of anilines is 1. The number of halogens is 5. The molecule has 15 heteroatoms. The zero-order chi connectivity index (χ0) is 31.8. The second kappa shape index (κ2) is 12.6. The van der Waals surface area contributed by atoms with Crippen LogP contribution < -0.4 is 10.4 Å². The maximum Gasteiger partial charge on any atom is 0.274 e. The zero-order valence-electron chi connectivity index (χ0n) is 22.9. The molecule has 0 unspecified atom stereocenters. The summed E-state index contributed by atoms with van der Waals surface area (Å²) < 4.78 is 102. The molecule has 2 amide bonds. The average Bonchev–Trinajstić information content (AvgIpc) is 3.01. The molecule has 1 atom stereocenters. The number of sulfonamides is 1. The van der Waals surface area contributed by atoms with E-state index >= 15 is 0 Å². The van der Waals surface area contributed by atoms with Gasteiger partial charge < -0.3 is 9.64 Å². The van der Waals surface area contributed by atoms with Gasteiger partial charge in [0.25, 0.3) is 5.91 Å². The Balaban J connectivity index is 1.46. The predicted molar refractivity (Wildman–Crippen MR) is 145 cm³/mol. The summed E-state index contributed by atoms with van der Waals surface area (Å²) in [4.78, 5) is 24.8. The summed E-state index contributed by atoms with van der Waals surface area (Å²) in [6.07, 6.45) is 1.61. The van der Waals surface area contributed by atoms with Crippen LogP contribution in [0, 0.1) is 29.1 Å². The SMILES string of the molecule is O=C(NO)c1ccc(N(Cc2ccc(C3CCOCC3)cc2)C(=O)[C@H]2CCN2S(=O)(=O)c2c(F)c(F)c(F)c(F)c2F)cc1. The van der Waals surface area contributed by atoms with Crippen LogP contribution >= 0.6 is 0 Å². The monoisotopic (exact) mass is 639 g/mol. The van der Waals surface area contributed by atoms with Crippen LogP contribution in [0.4, 0.5) is 27.6 Å². The highest BCUT2D eigenvalue weighted by atomic mass is 32.2. The van der Waals surface area contributed by atoms with Gasteiger partial charge in [-0.05, 0) is 60.6 Å². The Kier molecular flexibility index (Phi) is 9.02. The summed E-state index contributed by atoms with van der Waals surface area (Å²) in [5.41, 5.74) is 3.45. The fraction of sp³-hybridized carbons (Fsp3) is 0.310. The number of amides is 2. The number of ether oxygens (including phenoxy) is 1. The highest BCUT2D eigenvalue weighted by molar-refractivity contribution is 7.89. The van der Waals surface area contributed by atoms with Crippen molar-refractivity contribution in [3.63, 3.8) is 0 Å². The standard InChI is InChI=1S/C29H26F5N3O6S/c30-22-23(31)25(33)27(26(34)24(22)32)44(41,42)37-12-9-21(37)29(39)36(20-7-5-19(6-8-20)28(38)35-40)15-16-1-3-17(4-2-16)18-10-13-43-14-11-18/h1-8,18,21,40H,9-15H2,(H,35,38)/t21-/m1/s1. The van der Waals surface area contributed by atoms with Crippen molar-refractivity contribution in [2.75, 3.05) is 24.7 Å². The van der Waals surface area contributed by atoms with E-state index in [-0.39, 0.29) is 24.2 Å². The zero-order valence-corrected chi connectivity index (χ0v) is 23.7. The van der Waals surface area contributed by atoms with E-state index in [2.05, 4.69) is 0 Å². The minimum absolute atomic E-state index is 0.0450. The molecule has 2 aliphatic rings. The minimum atomic E-state index is -5.35. The summed E-state index contributed by atoms with van der Waals surface area (Å²) in [7, 11) is -5.35. The molecule has 2 N–H and O–H groups in total. The van der Waals surface area contributed by atoms with E-state index in [1.165, 1.54) is 34.6 Å². The van der Waals surface area contributed by atoms with E-state index in [0.717, 1.165) is 18.4 Å². The first-order chi connectivity index (χ1) is 20.9. The van der Waals surface area contributed by atoms with E-state index < -0.39 is 68.4 Å². The lowest BCUT2D eigenvalue weighted by Gasteiger charge is -2.41. The average molecular weight is 640 g/mol. The highest BCUT2D eigenvalue weighted by Gasteiger charge is 2.48. The summed E-state index contributed by atoms with van der Waals surface area (Å²) >= 11 is 0. The van der Waals surface area contributed by atoms with Gasteiger partial charge in [-0.1, -0.05) is 24.3 Å². The molecule has 0 bridgehead atoms. The van der Waals surface area contributed by atoms with Crippen molar-refractivity contribution in [3.8, 4) is 0 Å². The van der Waals surface area contributed by atoms with Crippen molar-refractivity contribution in [2.24, 2.45) is 0 Å². The van der Waals surface area contributed by atoms with Gasteiger partial charge in [0.2, 0.25) is 21.7 Å². The van der Waals surface area contributed by atoms with E-state index in [0.29, 0.717) is 29.0 Å². The molecule has 5 rings (SSSR count). The fourth-order valence-corrected chi connectivity index (χ4v) is 7.01. The Labute approximate surface area is 248 Å². The summed E-state index contributed by atoms with van der Waals surface area (Å²) in [6, 6.07) is 11.2. The Bertz CT molecular complexity index is 1650. The molecular formula is C29H26F5N3O6S.